The third kappa shape index (κ3) is 2.66. The molecular formula is C9H16N2OS. The van der Waals surface area contributed by atoms with E-state index in [4.69, 9.17) is 12.2 Å². The molecule has 2 unspecified atom stereocenters. The third-order valence-corrected chi connectivity index (χ3v) is 2.79. The molecule has 0 spiro atoms. The van der Waals surface area contributed by atoms with Gasteiger partial charge in [-0.15, -0.1) is 0 Å². The molecule has 1 rings (SSSR count). The van der Waals surface area contributed by atoms with Crippen LogP contribution in [0.5, 0.6) is 0 Å². The van der Waals surface area contributed by atoms with Gasteiger partial charge in [-0.1, -0.05) is 0 Å². The Kier molecular flexibility index (Phi) is 3.25. The van der Waals surface area contributed by atoms with Crippen molar-refractivity contribution in [3.8, 4) is 0 Å². The molecule has 1 heterocycles. The molecule has 1 aliphatic rings. The van der Waals surface area contributed by atoms with Crippen molar-refractivity contribution in [3.05, 3.63) is 0 Å². The van der Waals surface area contributed by atoms with Crippen LogP contribution in [0.25, 0.3) is 0 Å². The maximum Gasteiger partial charge on any atom is 0.169 e. The predicted molar refractivity (Wildman–Crippen MR) is 56.7 cm³/mol. The molecule has 2 atom stereocenters. The smallest absolute Gasteiger partial charge is 0.169 e. The van der Waals surface area contributed by atoms with Crippen molar-refractivity contribution < 1.29 is 4.79 Å². The molecule has 1 aliphatic heterocycles. The molecule has 1 N–H and O–H groups in total. The Morgan fingerprint density at radius 3 is 2.92 bits per heavy atom. The van der Waals surface area contributed by atoms with Gasteiger partial charge in [0.05, 0.1) is 0 Å². The first-order chi connectivity index (χ1) is 6.00. The molecule has 0 radical (unpaired) electrons. The van der Waals surface area contributed by atoms with Gasteiger partial charge < -0.3 is 10.2 Å². The van der Waals surface area contributed by atoms with Gasteiger partial charge in [-0.25, -0.2) is 0 Å². The fourth-order valence-electron chi connectivity index (χ4n) is 1.66. The number of thiocarbonyl (C=S) groups is 1. The van der Waals surface area contributed by atoms with Crippen LogP contribution in [0.1, 0.15) is 26.7 Å². The average molecular weight is 200 g/mol. The fourth-order valence-corrected chi connectivity index (χ4v) is 2.01. The van der Waals surface area contributed by atoms with Crippen LogP contribution in [0, 0.1) is 0 Å². The molecule has 3 nitrogen and oxygen atoms in total. The van der Waals surface area contributed by atoms with E-state index in [1.165, 1.54) is 0 Å². The number of Topliss-reactive ketones (excluding diaryl/α,β-unsaturated/α-hetero) is 1. The summed E-state index contributed by atoms with van der Waals surface area (Å²) in [5.41, 5.74) is 0. The first kappa shape index (κ1) is 10.4. The van der Waals surface area contributed by atoms with E-state index < -0.39 is 0 Å². The molecule has 0 aliphatic carbocycles. The number of rotatable bonds is 2. The van der Waals surface area contributed by atoms with Crippen molar-refractivity contribution in [3.63, 3.8) is 0 Å². The summed E-state index contributed by atoms with van der Waals surface area (Å²) in [6, 6.07) is 0.661. The highest BCUT2D eigenvalue weighted by molar-refractivity contribution is 7.80. The van der Waals surface area contributed by atoms with Crippen molar-refractivity contribution >= 4 is 23.1 Å². The molecular weight excluding hydrogens is 184 g/mol. The van der Waals surface area contributed by atoms with E-state index in [-0.39, 0.29) is 11.8 Å². The molecule has 0 bridgehead atoms. The van der Waals surface area contributed by atoms with Gasteiger partial charge in [-0.3, -0.25) is 4.79 Å². The predicted octanol–water partition coefficient (Wildman–Crippen LogP) is 0.933. The Labute approximate surface area is 84.5 Å². The summed E-state index contributed by atoms with van der Waals surface area (Å²) in [5.74, 6) is 0.230. The van der Waals surface area contributed by atoms with Crippen LogP contribution in [0.3, 0.4) is 0 Å². The second-order valence-corrected chi connectivity index (χ2v) is 4.14. The van der Waals surface area contributed by atoms with Gasteiger partial charge in [0.1, 0.15) is 5.78 Å². The summed E-state index contributed by atoms with van der Waals surface area (Å²) in [6.45, 7) is 3.72. The van der Waals surface area contributed by atoms with Gasteiger partial charge in [0.25, 0.3) is 0 Å². The van der Waals surface area contributed by atoms with Gasteiger partial charge in [0.15, 0.2) is 5.11 Å². The lowest BCUT2D eigenvalue weighted by atomic mass is 10.0. The van der Waals surface area contributed by atoms with Crippen LogP contribution in [0.2, 0.25) is 0 Å². The van der Waals surface area contributed by atoms with Crippen molar-refractivity contribution in [1.29, 1.82) is 0 Å². The Balaban J connectivity index is 2.60. The second-order valence-electron chi connectivity index (χ2n) is 3.76. The second kappa shape index (κ2) is 4.05. The van der Waals surface area contributed by atoms with Crippen LogP contribution >= 0.6 is 12.2 Å². The van der Waals surface area contributed by atoms with Gasteiger partial charge in [-0.05, 0) is 32.5 Å². The van der Waals surface area contributed by atoms with E-state index in [0.717, 1.165) is 11.5 Å². The summed E-state index contributed by atoms with van der Waals surface area (Å²) < 4.78 is 0. The molecule has 4 heteroatoms. The molecule has 0 amide bonds. The minimum absolute atomic E-state index is 0.230. The number of nitrogens with zero attached hydrogens (tertiary/aromatic N) is 1. The number of carbonyl (C=O) groups is 1. The minimum Gasteiger partial charge on any atom is -0.360 e. The molecule has 0 aromatic carbocycles. The van der Waals surface area contributed by atoms with Crippen LogP contribution < -0.4 is 5.32 Å². The molecule has 13 heavy (non-hydrogen) atoms. The lowest BCUT2D eigenvalue weighted by Gasteiger charge is -2.38. The van der Waals surface area contributed by atoms with Gasteiger partial charge in [-0.2, -0.15) is 0 Å². The monoisotopic (exact) mass is 200 g/mol. The van der Waals surface area contributed by atoms with E-state index in [9.17, 15) is 4.79 Å². The quantitative estimate of drug-likeness (QED) is 0.672. The van der Waals surface area contributed by atoms with Crippen LogP contribution in [-0.4, -0.2) is 34.9 Å². The van der Waals surface area contributed by atoms with E-state index >= 15 is 0 Å². The highest BCUT2D eigenvalue weighted by Crippen LogP contribution is 2.15. The zero-order valence-electron chi connectivity index (χ0n) is 8.33. The Morgan fingerprint density at radius 2 is 2.38 bits per heavy atom. The van der Waals surface area contributed by atoms with Gasteiger partial charge in [0, 0.05) is 25.6 Å². The summed E-state index contributed by atoms with van der Waals surface area (Å²) >= 11 is 5.14. The number of hydrogen-bond donors (Lipinski definition) is 1. The van der Waals surface area contributed by atoms with Crippen LogP contribution in [-0.2, 0) is 4.79 Å². The molecule has 0 aromatic rings. The Morgan fingerprint density at radius 1 is 1.77 bits per heavy atom. The maximum atomic E-state index is 11.0. The highest BCUT2D eigenvalue weighted by atomic mass is 32.1. The maximum absolute atomic E-state index is 11.0. The molecule has 1 fully saturated rings. The Hall–Kier alpha value is -0.640. The minimum atomic E-state index is 0.230. The number of nitrogens with one attached hydrogen (secondary N) is 1. The van der Waals surface area contributed by atoms with E-state index in [0.29, 0.717) is 12.5 Å². The van der Waals surface area contributed by atoms with Crippen LogP contribution in [0.15, 0.2) is 0 Å². The first-order valence-electron chi connectivity index (χ1n) is 4.53. The first-order valence-corrected chi connectivity index (χ1v) is 4.94. The van der Waals surface area contributed by atoms with Crippen molar-refractivity contribution in [1.82, 2.24) is 10.2 Å². The van der Waals surface area contributed by atoms with E-state index in [1.807, 2.05) is 11.9 Å². The zero-order valence-corrected chi connectivity index (χ0v) is 9.15. The standard InChI is InChI=1S/C9H16N2OS/c1-6-4-8(5-7(2)12)11(3)9(13)10-6/h6,8H,4-5H2,1-3H3,(H,10,13). The van der Waals surface area contributed by atoms with Crippen molar-refractivity contribution in [2.24, 2.45) is 0 Å². The Bertz CT molecular complexity index is 230. The zero-order chi connectivity index (χ0) is 10.0. The molecule has 0 aromatic heterocycles. The van der Waals surface area contributed by atoms with Crippen molar-refractivity contribution in [2.45, 2.75) is 38.8 Å². The van der Waals surface area contributed by atoms with Gasteiger partial charge >= 0.3 is 0 Å². The lowest BCUT2D eigenvalue weighted by molar-refractivity contribution is -0.118. The number of ketones is 1. The van der Waals surface area contributed by atoms with Gasteiger partial charge in [0.2, 0.25) is 0 Å². The molecule has 0 saturated carbocycles. The fraction of sp³-hybridized carbons (Fsp3) is 0.778. The summed E-state index contributed by atoms with van der Waals surface area (Å²) in [5, 5.41) is 3.93. The molecule has 1 saturated heterocycles. The lowest BCUT2D eigenvalue weighted by Crippen LogP contribution is -2.54. The number of carbonyl (C=O) groups excluding carboxylic acids is 1. The van der Waals surface area contributed by atoms with E-state index in [1.54, 1.807) is 6.92 Å². The van der Waals surface area contributed by atoms with E-state index in [2.05, 4.69) is 12.2 Å². The molecule has 74 valence electrons. The average Bonchev–Trinajstić information content (AvgIpc) is 1.98. The topological polar surface area (TPSA) is 32.3 Å². The normalized spacial score (nSPS) is 28.5. The van der Waals surface area contributed by atoms with Crippen molar-refractivity contribution in [2.75, 3.05) is 7.05 Å². The highest BCUT2D eigenvalue weighted by Gasteiger charge is 2.26. The summed E-state index contributed by atoms with van der Waals surface area (Å²) in [6.07, 6.45) is 1.58. The third-order valence-electron chi connectivity index (χ3n) is 2.39. The summed E-state index contributed by atoms with van der Waals surface area (Å²) in [7, 11) is 1.94. The summed E-state index contributed by atoms with van der Waals surface area (Å²) in [4.78, 5) is 13.0. The SMILES string of the molecule is CC(=O)CC1CC(C)NC(=S)N1C. The van der Waals surface area contributed by atoms with Crippen LogP contribution in [0.4, 0.5) is 0 Å². The largest absolute Gasteiger partial charge is 0.360 e. The number of hydrogen-bond acceptors (Lipinski definition) is 2.